The summed E-state index contributed by atoms with van der Waals surface area (Å²) < 4.78 is 6.02. The molecule has 40 heavy (non-hydrogen) atoms. The molecule has 1 aromatic rings. The molecule has 3 heterocycles. The molecule has 216 valence electrons. The Bertz CT molecular complexity index is 1100. The summed E-state index contributed by atoms with van der Waals surface area (Å²) in [5, 5.41) is 2.42. The van der Waals surface area contributed by atoms with E-state index in [-0.39, 0.29) is 29.8 Å². The second-order valence-corrected chi connectivity index (χ2v) is 12.1. The third-order valence-electron chi connectivity index (χ3n) is 9.25. The van der Waals surface area contributed by atoms with E-state index >= 15 is 0 Å². The summed E-state index contributed by atoms with van der Waals surface area (Å²) in [5.74, 6) is 6.76. The molecule has 1 atom stereocenters. The minimum atomic E-state index is -0.308. The molecular weight excluding hydrogens is 504 g/mol. The van der Waals surface area contributed by atoms with Crippen molar-refractivity contribution in [1.82, 2.24) is 15.1 Å². The number of amides is 3. The summed E-state index contributed by atoms with van der Waals surface area (Å²) in [6.45, 7) is 5.10. The summed E-state index contributed by atoms with van der Waals surface area (Å²) in [6, 6.07) is 8.05. The van der Waals surface area contributed by atoms with Gasteiger partial charge < -0.3 is 20.3 Å². The van der Waals surface area contributed by atoms with Crippen LogP contribution in [0.5, 0.6) is 0 Å². The van der Waals surface area contributed by atoms with Crippen LogP contribution in [-0.4, -0.2) is 79.0 Å². The average molecular weight is 549 g/mol. The number of carbonyl (C=O) groups excluding carboxylic acids is 3. The maximum Gasteiger partial charge on any atom is 0.234 e. The Morgan fingerprint density at radius 1 is 0.975 bits per heavy atom. The molecule has 3 N–H and O–H groups in total. The molecule has 1 aliphatic carbocycles. The van der Waals surface area contributed by atoms with Crippen LogP contribution in [0.3, 0.4) is 0 Å². The fraction of sp³-hybridized carbons (Fsp3) is 0.656. The first-order chi connectivity index (χ1) is 19.4. The van der Waals surface area contributed by atoms with Gasteiger partial charge in [-0.25, -0.2) is 0 Å². The van der Waals surface area contributed by atoms with Crippen molar-refractivity contribution in [1.29, 1.82) is 0 Å². The monoisotopic (exact) mass is 548 g/mol. The van der Waals surface area contributed by atoms with Crippen molar-refractivity contribution in [2.24, 2.45) is 17.6 Å². The van der Waals surface area contributed by atoms with Crippen molar-refractivity contribution in [3.05, 3.63) is 35.4 Å². The summed E-state index contributed by atoms with van der Waals surface area (Å²) >= 11 is 0. The second-order valence-electron chi connectivity index (χ2n) is 12.1. The molecule has 3 aliphatic heterocycles. The lowest BCUT2D eigenvalue weighted by Crippen LogP contribution is -2.47. The zero-order valence-corrected chi connectivity index (χ0v) is 23.6. The van der Waals surface area contributed by atoms with Gasteiger partial charge in [0.15, 0.2) is 0 Å². The van der Waals surface area contributed by atoms with Gasteiger partial charge >= 0.3 is 0 Å². The number of nitrogens with zero attached hydrogens (tertiary/aromatic N) is 2. The Hall–Kier alpha value is -2.73. The van der Waals surface area contributed by atoms with Crippen LogP contribution in [-0.2, 0) is 19.1 Å². The van der Waals surface area contributed by atoms with Crippen LogP contribution in [0.2, 0.25) is 0 Å². The van der Waals surface area contributed by atoms with Gasteiger partial charge in [-0.05, 0) is 94.5 Å². The van der Waals surface area contributed by atoms with Gasteiger partial charge in [0.05, 0.1) is 12.0 Å². The Balaban J connectivity index is 0.997. The van der Waals surface area contributed by atoms with Gasteiger partial charge in [0.25, 0.3) is 0 Å². The van der Waals surface area contributed by atoms with Crippen molar-refractivity contribution in [3.8, 4) is 11.8 Å². The number of nitrogens with one attached hydrogen (secondary N) is 1. The van der Waals surface area contributed by atoms with E-state index in [9.17, 15) is 14.4 Å². The van der Waals surface area contributed by atoms with E-state index in [1.54, 1.807) is 0 Å². The zero-order valence-electron chi connectivity index (χ0n) is 23.6. The lowest BCUT2D eigenvalue weighted by atomic mass is 9.85. The van der Waals surface area contributed by atoms with E-state index in [1.807, 2.05) is 24.3 Å². The van der Waals surface area contributed by atoms with Gasteiger partial charge in [0, 0.05) is 43.6 Å². The third-order valence-corrected chi connectivity index (χ3v) is 9.25. The first-order valence-corrected chi connectivity index (χ1v) is 15.3. The maximum absolute atomic E-state index is 13.2. The van der Waals surface area contributed by atoms with Crippen molar-refractivity contribution < 1.29 is 19.1 Å². The predicted octanol–water partition coefficient (Wildman–Crippen LogP) is 2.80. The minimum absolute atomic E-state index is 0.124. The number of nitrogens with two attached hydrogens (primary N) is 1. The highest BCUT2D eigenvalue weighted by atomic mass is 16.5. The quantitative estimate of drug-likeness (QED) is 0.419. The number of imide groups is 1. The molecule has 8 heteroatoms. The number of benzene rings is 1. The molecule has 1 aromatic carbocycles. The highest BCUT2D eigenvalue weighted by Gasteiger charge is 2.32. The Labute approximate surface area is 238 Å². The summed E-state index contributed by atoms with van der Waals surface area (Å²) in [4.78, 5) is 41.4. The van der Waals surface area contributed by atoms with E-state index in [0.29, 0.717) is 31.4 Å². The Kier molecular flexibility index (Phi) is 9.90. The lowest BCUT2D eigenvalue weighted by Gasteiger charge is -2.38. The predicted molar refractivity (Wildman–Crippen MR) is 153 cm³/mol. The van der Waals surface area contributed by atoms with Crippen LogP contribution >= 0.6 is 0 Å². The van der Waals surface area contributed by atoms with Crippen LogP contribution < -0.4 is 11.1 Å². The number of rotatable bonds is 6. The molecule has 1 unspecified atom stereocenters. The van der Waals surface area contributed by atoms with Crippen LogP contribution in [0.4, 0.5) is 0 Å². The number of ether oxygens (including phenoxy) is 1. The van der Waals surface area contributed by atoms with E-state index < -0.39 is 0 Å². The fourth-order valence-corrected chi connectivity index (χ4v) is 6.74. The molecule has 0 radical (unpaired) electrons. The molecule has 1 saturated carbocycles. The van der Waals surface area contributed by atoms with Gasteiger partial charge in [-0.15, -0.1) is 0 Å². The molecule has 8 nitrogen and oxygen atoms in total. The largest absolute Gasteiger partial charge is 0.365 e. The van der Waals surface area contributed by atoms with Crippen LogP contribution in [0.1, 0.15) is 81.3 Å². The standard InChI is InChI=1S/C32H44N4O4/c33-27-8-6-24(7-9-27)22-35-16-12-25(13-17-35)32(39)36-18-14-28(15-19-36)40-20-2-4-23-3-1-5-26(21-23)29-10-11-30(37)34-31(29)38/h1,3,5,21,24-25,27-29H,6-20,22,33H2,(H,34,37,38). The third kappa shape index (κ3) is 7.72. The normalized spacial score (nSPS) is 27.1. The van der Waals surface area contributed by atoms with Crippen molar-refractivity contribution in [3.63, 3.8) is 0 Å². The summed E-state index contributed by atoms with van der Waals surface area (Å²) in [7, 11) is 0. The highest BCUT2D eigenvalue weighted by molar-refractivity contribution is 6.00. The van der Waals surface area contributed by atoms with Crippen molar-refractivity contribution in [2.75, 3.05) is 39.3 Å². The number of piperidine rings is 3. The number of likely N-dealkylation sites (tertiary alicyclic amines) is 2. The van der Waals surface area contributed by atoms with Gasteiger partial charge in [0.2, 0.25) is 17.7 Å². The van der Waals surface area contributed by atoms with E-state index in [1.165, 1.54) is 19.4 Å². The molecular formula is C32H44N4O4. The topological polar surface area (TPSA) is 105 Å². The first-order valence-electron chi connectivity index (χ1n) is 15.3. The lowest BCUT2D eigenvalue weighted by molar-refractivity contribution is -0.139. The SMILES string of the molecule is NC1CCC(CN2CCC(C(=O)N3CCC(OCC#Cc4cccc(C5CCC(=O)NC5=O)c4)CC3)CC2)CC1. The van der Waals surface area contributed by atoms with Crippen molar-refractivity contribution >= 4 is 17.7 Å². The molecule has 0 bridgehead atoms. The number of carbonyl (C=O) groups is 3. The molecule has 4 aliphatic rings. The maximum atomic E-state index is 13.2. The van der Waals surface area contributed by atoms with Crippen LogP contribution in [0, 0.1) is 23.7 Å². The van der Waals surface area contributed by atoms with E-state index in [0.717, 1.165) is 81.7 Å². The van der Waals surface area contributed by atoms with Crippen LogP contribution in [0.25, 0.3) is 0 Å². The molecule has 3 amide bonds. The van der Waals surface area contributed by atoms with E-state index in [4.69, 9.17) is 10.5 Å². The van der Waals surface area contributed by atoms with Gasteiger partial charge in [-0.3, -0.25) is 19.7 Å². The molecule has 5 rings (SSSR count). The Morgan fingerprint density at radius 2 is 1.73 bits per heavy atom. The van der Waals surface area contributed by atoms with Crippen molar-refractivity contribution in [2.45, 2.75) is 82.3 Å². The Morgan fingerprint density at radius 3 is 2.45 bits per heavy atom. The van der Waals surface area contributed by atoms with E-state index in [2.05, 4.69) is 27.0 Å². The van der Waals surface area contributed by atoms with Gasteiger partial charge in [0.1, 0.15) is 6.61 Å². The molecule has 0 spiro atoms. The van der Waals surface area contributed by atoms with Gasteiger partial charge in [-0.2, -0.15) is 0 Å². The number of hydrogen-bond donors (Lipinski definition) is 2. The smallest absolute Gasteiger partial charge is 0.234 e. The molecule has 0 aromatic heterocycles. The average Bonchev–Trinajstić information content (AvgIpc) is 2.97. The summed E-state index contributed by atoms with van der Waals surface area (Å²) in [5.41, 5.74) is 7.78. The highest BCUT2D eigenvalue weighted by Crippen LogP contribution is 2.28. The van der Waals surface area contributed by atoms with Gasteiger partial charge in [-0.1, -0.05) is 24.0 Å². The molecule has 4 fully saturated rings. The summed E-state index contributed by atoms with van der Waals surface area (Å²) in [6.07, 6.45) is 9.48. The van der Waals surface area contributed by atoms with Crippen LogP contribution in [0.15, 0.2) is 24.3 Å². The first kappa shape index (κ1) is 28.8. The molecule has 3 saturated heterocycles. The minimum Gasteiger partial charge on any atom is -0.365 e. The number of hydrogen-bond acceptors (Lipinski definition) is 6. The zero-order chi connectivity index (χ0) is 27.9. The second kappa shape index (κ2) is 13.8. The fourth-order valence-electron chi connectivity index (χ4n) is 6.74.